The molecule has 0 aliphatic rings. The van der Waals surface area contributed by atoms with E-state index in [0.29, 0.717) is 22.3 Å². The Morgan fingerprint density at radius 2 is 2.00 bits per heavy atom. The summed E-state index contributed by atoms with van der Waals surface area (Å²) < 4.78 is 10.8. The van der Waals surface area contributed by atoms with E-state index in [4.69, 9.17) is 9.15 Å². The largest absolute Gasteiger partial charge is 0.458 e. The van der Waals surface area contributed by atoms with Crippen molar-refractivity contribution in [3.05, 3.63) is 23.3 Å². The Morgan fingerprint density at radius 3 is 2.64 bits per heavy atom. The lowest BCUT2D eigenvalue weighted by Gasteiger charge is -2.21. The van der Waals surface area contributed by atoms with Crippen LogP contribution in [0.3, 0.4) is 0 Å². The van der Waals surface area contributed by atoms with Crippen molar-refractivity contribution in [2.24, 2.45) is 0 Å². The SMILES string of the molecule is CC(=O)NCc1ccc(-c2csc(NC(=O)[C@@H](C)NC(=O)OC(C)(C)C)n2)o1. The number of thiazole rings is 1. The number of carbonyl (C=O) groups is 3. The summed E-state index contributed by atoms with van der Waals surface area (Å²) in [7, 11) is 0. The lowest BCUT2D eigenvalue weighted by molar-refractivity contribution is -0.119. The number of ether oxygens (including phenoxy) is 1. The number of rotatable bonds is 6. The molecule has 0 bridgehead atoms. The fourth-order valence-corrected chi connectivity index (χ4v) is 2.73. The Hall–Kier alpha value is -2.88. The molecule has 0 unspecified atom stereocenters. The normalized spacial score (nSPS) is 12.2. The molecule has 2 aromatic rings. The van der Waals surface area contributed by atoms with Gasteiger partial charge in [-0.25, -0.2) is 9.78 Å². The average Bonchev–Trinajstić information content (AvgIpc) is 3.19. The molecule has 0 radical (unpaired) electrons. The van der Waals surface area contributed by atoms with Gasteiger partial charge < -0.3 is 25.1 Å². The van der Waals surface area contributed by atoms with Crippen LogP contribution in [0.2, 0.25) is 0 Å². The Labute approximate surface area is 166 Å². The third kappa shape index (κ3) is 6.69. The smallest absolute Gasteiger partial charge is 0.408 e. The highest BCUT2D eigenvalue weighted by Crippen LogP contribution is 2.26. The molecule has 0 aromatic carbocycles. The zero-order valence-electron chi connectivity index (χ0n) is 16.4. The Bertz CT molecular complexity index is 852. The molecule has 2 rings (SSSR count). The lowest BCUT2D eigenvalue weighted by atomic mass is 10.2. The van der Waals surface area contributed by atoms with Gasteiger partial charge in [-0.1, -0.05) is 0 Å². The Morgan fingerprint density at radius 1 is 1.29 bits per heavy atom. The predicted molar refractivity (Wildman–Crippen MR) is 105 cm³/mol. The van der Waals surface area contributed by atoms with E-state index < -0.39 is 23.6 Å². The molecule has 1 atom stereocenters. The molecule has 0 aliphatic carbocycles. The third-order valence-electron chi connectivity index (χ3n) is 3.29. The summed E-state index contributed by atoms with van der Waals surface area (Å²) in [5.74, 6) is 0.555. The van der Waals surface area contributed by atoms with Crippen molar-refractivity contribution in [1.29, 1.82) is 0 Å². The highest BCUT2D eigenvalue weighted by Gasteiger charge is 2.22. The van der Waals surface area contributed by atoms with Crippen LogP contribution in [-0.2, 0) is 20.9 Å². The highest BCUT2D eigenvalue weighted by atomic mass is 32.1. The van der Waals surface area contributed by atoms with Crippen LogP contribution < -0.4 is 16.0 Å². The van der Waals surface area contributed by atoms with E-state index in [2.05, 4.69) is 20.9 Å². The molecule has 2 heterocycles. The van der Waals surface area contributed by atoms with Gasteiger partial charge in [0.2, 0.25) is 11.8 Å². The lowest BCUT2D eigenvalue weighted by Crippen LogP contribution is -2.43. The van der Waals surface area contributed by atoms with Crippen molar-refractivity contribution in [3.8, 4) is 11.5 Å². The fraction of sp³-hybridized carbons (Fsp3) is 0.444. The Balaban J connectivity index is 1.92. The van der Waals surface area contributed by atoms with E-state index in [1.807, 2.05) is 0 Å². The molecule has 0 saturated heterocycles. The molecule has 28 heavy (non-hydrogen) atoms. The van der Waals surface area contributed by atoms with Crippen molar-refractivity contribution < 1.29 is 23.5 Å². The molecule has 0 spiro atoms. The van der Waals surface area contributed by atoms with Crippen LogP contribution in [0, 0.1) is 0 Å². The molecular formula is C18H24N4O5S. The molecule has 10 heteroatoms. The second kappa shape index (κ2) is 8.87. The van der Waals surface area contributed by atoms with Gasteiger partial charge in [0.05, 0.1) is 6.54 Å². The quantitative estimate of drug-likeness (QED) is 0.675. The maximum absolute atomic E-state index is 12.2. The number of nitrogens with one attached hydrogen (secondary N) is 3. The topological polar surface area (TPSA) is 123 Å². The first-order valence-corrected chi connectivity index (χ1v) is 9.51. The van der Waals surface area contributed by atoms with E-state index in [1.54, 1.807) is 45.2 Å². The summed E-state index contributed by atoms with van der Waals surface area (Å²) in [4.78, 5) is 39.2. The summed E-state index contributed by atoms with van der Waals surface area (Å²) in [5, 5.41) is 9.88. The van der Waals surface area contributed by atoms with Crippen LogP contribution in [-0.4, -0.2) is 34.5 Å². The van der Waals surface area contributed by atoms with Crippen molar-refractivity contribution in [1.82, 2.24) is 15.6 Å². The van der Waals surface area contributed by atoms with Gasteiger partial charge in [0.1, 0.15) is 23.1 Å². The van der Waals surface area contributed by atoms with Gasteiger partial charge in [0.15, 0.2) is 10.9 Å². The molecule has 152 valence electrons. The van der Waals surface area contributed by atoms with Crippen LogP contribution in [0.15, 0.2) is 21.9 Å². The minimum absolute atomic E-state index is 0.147. The van der Waals surface area contributed by atoms with E-state index >= 15 is 0 Å². The molecule has 0 saturated carbocycles. The molecule has 0 aliphatic heterocycles. The zero-order chi connectivity index (χ0) is 20.9. The second-order valence-electron chi connectivity index (χ2n) is 7.07. The van der Waals surface area contributed by atoms with Gasteiger partial charge in [-0.05, 0) is 39.8 Å². The molecule has 3 N–H and O–H groups in total. The first kappa shape index (κ1) is 21.4. The minimum Gasteiger partial charge on any atom is -0.458 e. The molecule has 0 fully saturated rings. The number of furan rings is 1. The monoisotopic (exact) mass is 408 g/mol. The standard InChI is InChI=1S/C18H24N4O5S/c1-10(20-17(25)27-18(3,4)5)15(24)22-16-21-13(9-28-16)14-7-6-12(26-14)8-19-11(2)23/h6-7,9-10H,8H2,1-5H3,(H,19,23)(H,20,25)(H,21,22,24)/t10-/m1/s1. The van der Waals surface area contributed by atoms with Gasteiger partial charge in [-0.2, -0.15) is 0 Å². The van der Waals surface area contributed by atoms with Crippen molar-refractivity contribution >= 4 is 34.4 Å². The molecular weight excluding hydrogens is 384 g/mol. The van der Waals surface area contributed by atoms with E-state index in [1.165, 1.54) is 18.3 Å². The predicted octanol–water partition coefficient (Wildman–Crippen LogP) is 2.89. The van der Waals surface area contributed by atoms with Crippen LogP contribution in [0.1, 0.15) is 40.4 Å². The van der Waals surface area contributed by atoms with Crippen LogP contribution >= 0.6 is 11.3 Å². The van der Waals surface area contributed by atoms with E-state index in [0.717, 1.165) is 0 Å². The first-order chi connectivity index (χ1) is 13.0. The molecule has 9 nitrogen and oxygen atoms in total. The van der Waals surface area contributed by atoms with Gasteiger partial charge in [0.25, 0.3) is 0 Å². The van der Waals surface area contributed by atoms with Crippen LogP contribution in [0.4, 0.5) is 9.93 Å². The van der Waals surface area contributed by atoms with Crippen molar-refractivity contribution in [2.75, 3.05) is 5.32 Å². The van der Waals surface area contributed by atoms with Gasteiger partial charge in [0, 0.05) is 12.3 Å². The van der Waals surface area contributed by atoms with Gasteiger partial charge in [-0.15, -0.1) is 11.3 Å². The summed E-state index contributed by atoms with van der Waals surface area (Å²) in [5.41, 5.74) is -0.0890. The first-order valence-electron chi connectivity index (χ1n) is 8.63. The third-order valence-corrected chi connectivity index (χ3v) is 4.04. The number of nitrogens with zero attached hydrogens (tertiary/aromatic N) is 1. The number of hydrogen-bond acceptors (Lipinski definition) is 7. The molecule has 3 amide bonds. The fourth-order valence-electron chi connectivity index (χ4n) is 2.03. The zero-order valence-corrected chi connectivity index (χ0v) is 17.2. The minimum atomic E-state index is -0.796. The van der Waals surface area contributed by atoms with E-state index in [-0.39, 0.29) is 12.5 Å². The van der Waals surface area contributed by atoms with Crippen LogP contribution in [0.25, 0.3) is 11.5 Å². The summed E-state index contributed by atoms with van der Waals surface area (Å²) in [6, 6.07) is 2.69. The number of carbonyl (C=O) groups excluding carboxylic acids is 3. The van der Waals surface area contributed by atoms with Crippen LogP contribution in [0.5, 0.6) is 0 Å². The maximum atomic E-state index is 12.2. The molecule has 2 aromatic heterocycles. The number of aromatic nitrogens is 1. The Kier molecular flexibility index (Phi) is 6.79. The number of hydrogen-bond donors (Lipinski definition) is 3. The average molecular weight is 408 g/mol. The maximum Gasteiger partial charge on any atom is 0.408 e. The summed E-state index contributed by atoms with van der Waals surface area (Å²) in [6.07, 6.45) is -0.669. The van der Waals surface area contributed by atoms with Gasteiger partial charge >= 0.3 is 6.09 Å². The summed E-state index contributed by atoms with van der Waals surface area (Å²) >= 11 is 1.23. The van der Waals surface area contributed by atoms with Crippen molar-refractivity contribution in [3.63, 3.8) is 0 Å². The number of alkyl carbamates (subject to hydrolysis) is 1. The number of anilines is 1. The van der Waals surface area contributed by atoms with Crippen molar-refractivity contribution in [2.45, 2.75) is 52.8 Å². The van der Waals surface area contributed by atoms with Gasteiger partial charge in [-0.3, -0.25) is 9.59 Å². The van der Waals surface area contributed by atoms with E-state index in [9.17, 15) is 14.4 Å². The summed E-state index contributed by atoms with van der Waals surface area (Å²) in [6.45, 7) is 8.49. The second-order valence-corrected chi connectivity index (χ2v) is 7.93. The highest BCUT2D eigenvalue weighted by molar-refractivity contribution is 7.14. The number of amides is 3.